The summed E-state index contributed by atoms with van der Waals surface area (Å²) in [6.45, 7) is 6.29. The van der Waals surface area contributed by atoms with Crippen LogP contribution < -0.4 is 5.32 Å². The van der Waals surface area contributed by atoms with Gasteiger partial charge in [-0.2, -0.15) is 5.10 Å². The van der Waals surface area contributed by atoms with Crippen molar-refractivity contribution in [3.8, 4) is 0 Å². The molecule has 2 aromatic rings. The van der Waals surface area contributed by atoms with E-state index in [0.29, 0.717) is 6.04 Å². The molecule has 20 heavy (non-hydrogen) atoms. The third-order valence-corrected chi connectivity index (χ3v) is 4.73. The van der Waals surface area contributed by atoms with Crippen molar-refractivity contribution in [2.45, 2.75) is 58.7 Å². The Morgan fingerprint density at radius 2 is 2.05 bits per heavy atom. The normalized spacial score (nSPS) is 17.9. The molecule has 108 valence electrons. The second-order valence-electron chi connectivity index (χ2n) is 5.99. The van der Waals surface area contributed by atoms with Crippen LogP contribution >= 0.6 is 0 Å². The Morgan fingerprint density at radius 1 is 1.30 bits per heavy atom. The molecular weight excluding hydrogens is 246 g/mol. The van der Waals surface area contributed by atoms with Crippen LogP contribution in [0.15, 0.2) is 24.3 Å². The van der Waals surface area contributed by atoms with Crippen LogP contribution in [0.1, 0.15) is 45.2 Å². The third-order valence-electron chi connectivity index (χ3n) is 4.73. The van der Waals surface area contributed by atoms with Gasteiger partial charge in [-0.1, -0.05) is 31.0 Å². The number of nitrogens with one attached hydrogen (secondary N) is 1. The molecule has 1 aromatic heterocycles. The molecule has 3 heteroatoms. The van der Waals surface area contributed by atoms with Gasteiger partial charge in [0.05, 0.1) is 11.2 Å². The molecule has 0 spiro atoms. The van der Waals surface area contributed by atoms with Gasteiger partial charge in [0.25, 0.3) is 0 Å². The van der Waals surface area contributed by atoms with Gasteiger partial charge in [-0.25, -0.2) is 0 Å². The van der Waals surface area contributed by atoms with E-state index in [-0.39, 0.29) is 0 Å². The maximum absolute atomic E-state index is 4.76. The number of benzene rings is 1. The van der Waals surface area contributed by atoms with Gasteiger partial charge in [0.15, 0.2) is 0 Å². The second kappa shape index (κ2) is 5.96. The van der Waals surface area contributed by atoms with E-state index in [1.807, 2.05) is 0 Å². The average molecular weight is 271 g/mol. The molecule has 1 aliphatic rings. The highest BCUT2D eigenvalue weighted by Crippen LogP contribution is 2.28. The lowest BCUT2D eigenvalue weighted by atomic mass is 10.00. The molecule has 0 radical (unpaired) electrons. The van der Waals surface area contributed by atoms with Crippen LogP contribution in [0.3, 0.4) is 0 Å². The minimum atomic E-state index is 0.600. The molecule has 1 heterocycles. The number of hydrogen-bond donors (Lipinski definition) is 1. The molecular formula is C17H25N3. The first kappa shape index (κ1) is 13.6. The number of fused-ring (bicyclic) bond motifs is 1. The first-order chi connectivity index (χ1) is 9.79. The molecule has 0 amide bonds. The molecule has 1 aromatic carbocycles. The monoisotopic (exact) mass is 271 g/mol. The quantitative estimate of drug-likeness (QED) is 0.898. The Morgan fingerprint density at radius 3 is 2.80 bits per heavy atom. The zero-order valence-corrected chi connectivity index (χ0v) is 12.6. The molecule has 0 bridgehead atoms. The number of hydrogen-bond acceptors (Lipinski definition) is 2. The van der Waals surface area contributed by atoms with Crippen molar-refractivity contribution in [3.63, 3.8) is 0 Å². The fourth-order valence-electron chi connectivity index (χ4n) is 3.45. The van der Waals surface area contributed by atoms with Gasteiger partial charge in [0, 0.05) is 24.5 Å². The molecule has 1 fully saturated rings. The van der Waals surface area contributed by atoms with E-state index in [1.54, 1.807) is 0 Å². The lowest BCUT2D eigenvalue weighted by molar-refractivity contribution is 0.378. The van der Waals surface area contributed by atoms with Crippen molar-refractivity contribution in [2.24, 2.45) is 5.92 Å². The van der Waals surface area contributed by atoms with Gasteiger partial charge in [0.2, 0.25) is 0 Å². The van der Waals surface area contributed by atoms with Gasteiger partial charge in [-0.3, -0.25) is 4.68 Å². The fraction of sp³-hybridized carbons (Fsp3) is 0.588. The molecule has 0 saturated heterocycles. The predicted octanol–water partition coefficient (Wildman–Crippen LogP) is 3.72. The topological polar surface area (TPSA) is 29.9 Å². The van der Waals surface area contributed by atoms with Crippen LogP contribution in [0.5, 0.6) is 0 Å². The Kier molecular flexibility index (Phi) is 4.06. The SMILES string of the molecule is CCn1nc(CN[C@@H](C)C2CCCC2)c2ccccc21. The maximum Gasteiger partial charge on any atom is 0.0841 e. The summed E-state index contributed by atoms with van der Waals surface area (Å²) in [5.74, 6) is 0.856. The van der Waals surface area contributed by atoms with Crippen LogP contribution in [0.2, 0.25) is 0 Å². The molecule has 1 saturated carbocycles. The van der Waals surface area contributed by atoms with Gasteiger partial charge in [-0.05, 0) is 38.7 Å². The van der Waals surface area contributed by atoms with Crippen molar-refractivity contribution in [1.29, 1.82) is 0 Å². The van der Waals surface area contributed by atoms with Crippen molar-refractivity contribution in [2.75, 3.05) is 0 Å². The van der Waals surface area contributed by atoms with E-state index in [9.17, 15) is 0 Å². The number of rotatable bonds is 5. The van der Waals surface area contributed by atoms with E-state index in [2.05, 4.69) is 48.1 Å². The van der Waals surface area contributed by atoms with Crippen molar-refractivity contribution in [3.05, 3.63) is 30.0 Å². The van der Waals surface area contributed by atoms with Gasteiger partial charge < -0.3 is 5.32 Å². The highest BCUT2D eigenvalue weighted by molar-refractivity contribution is 5.81. The van der Waals surface area contributed by atoms with Gasteiger partial charge in [-0.15, -0.1) is 0 Å². The molecule has 3 rings (SSSR count). The summed E-state index contributed by atoms with van der Waals surface area (Å²) >= 11 is 0. The summed E-state index contributed by atoms with van der Waals surface area (Å²) in [6, 6.07) is 9.15. The van der Waals surface area contributed by atoms with Crippen LogP contribution in [0.25, 0.3) is 10.9 Å². The number of nitrogens with zero attached hydrogens (tertiary/aromatic N) is 2. The maximum atomic E-state index is 4.76. The van der Waals surface area contributed by atoms with Crippen molar-refractivity contribution < 1.29 is 0 Å². The van der Waals surface area contributed by atoms with Crippen LogP contribution in [0, 0.1) is 5.92 Å². The molecule has 0 aliphatic heterocycles. The van der Waals surface area contributed by atoms with E-state index >= 15 is 0 Å². The smallest absolute Gasteiger partial charge is 0.0841 e. The Labute approximate surface area is 121 Å². The van der Waals surface area contributed by atoms with Gasteiger partial charge >= 0.3 is 0 Å². The summed E-state index contributed by atoms with van der Waals surface area (Å²) < 4.78 is 2.10. The standard InChI is InChI=1S/C17H25N3/c1-3-20-17-11-7-6-10-15(17)16(19-20)12-18-13(2)14-8-4-5-9-14/h6-7,10-11,13-14,18H,3-5,8-9,12H2,1-2H3/t13-/m0/s1. The lowest BCUT2D eigenvalue weighted by Crippen LogP contribution is -2.31. The minimum absolute atomic E-state index is 0.600. The van der Waals surface area contributed by atoms with Crippen LogP contribution in [0.4, 0.5) is 0 Å². The number of aryl methyl sites for hydroxylation is 1. The Balaban J connectivity index is 1.74. The summed E-state index contributed by atoms with van der Waals surface area (Å²) in [5, 5.41) is 9.75. The molecule has 3 nitrogen and oxygen atoms in total. The van der Waals surface area contributed by atoms with Crippen LogP contribution in [-0.4, -0.2) is 15.8 Å². The van der Waals surface area contributed by atoms with Crippen molar-refractivity contribution >= 4 is 10.9 Å². The molecule has 1 N–H and O–H groups in total. The summed E-state index contributed by atoms with van der Waals surface area (Å²) in [6.07, 6.45) is 5.59. The van der Waals surface area contributed by atoms with Gasteiger partial charge in [0.1, 0.15) is 0 Å². The summed E-state index contributed by atoms with van der Waals surface area (Å²) in [4.78, 5) is 0. The highest BCUT2D eigenvalue weighted by atomic mass is 15.3. The fourth-order valence-corrected chi connectivity index (χ4v) is 3.45. The van der Waals surface area contributed by atoms with E-state index in [0.717, 1.165) is 19.0 Å². The first-order valence-electron chi connectivity index (χ1n) is 7.97. The largest absolute Gasteiger partial charge is 0.308 e. The Bertz CT molecular complexity index is 567. The minimum Gasteiger partial charge on any atom is -0.308 e. The first-order valence-corrected chi connectivity index (χ1v) is 7.97. The molecule has 1 atom stereocenters. The second-order valence-corrected chi connectivity index (χ2v) is 5.99. The molecule has 0 unspecified atom stereocenters. The lowest BCUT2D eigenvalue weighted by Gasteiger charge is -2.19. The number of aromatic nitrogens is 2. The average Bonchev–Trinajstić information content (AvgIpc) is 3.13. The van der Waals surface area contributed by atoms with E-state index < -0.39 is 0 Å². The third kappa shape index (κ3) is 2.59. The summed E-state index contributed by atoms with van der Waals surface area (Å²) in [5.41, 5.74) is 2.44. The highest BCUT2D eigenvalue weighted by Gasteiger charge is 2.21. The van der Waals surface area contributed by atoms with Crippen molar-refractivity contribution in [1.82, 2.24) is 15.1 Å². The molecule has 1 aliphatic carbocycles. The summed E-state index contributed by atoms with van der Waals surface area (Å²) in [7, 11) is 0. The zero-order valence-electron chi connectivity index (χ0n) is 12.6. The van der Waals surface area contributed by atoms with E-state index in [1.165, 1.54) is 42.3 Å². The van der Waals surface area contributed by atoms with E-state index in [4.69, 9.17) is 5.10 Å². The Hall–Kier alpha value is -1.35. The zero-order chi connectivity index (χ0) is 13.9. The van der Waals surface area contributed by atoms with Crippen LogP contribution in [-0.2, 0) is 13.1 Å². The predicted molar refractivity (Wildman–Crippen MR) is 83.7 cm³/mol. The number of para-hydroxylation sites is 1.